The van der Waals surface area contributed by atoms with Crippen molar-refractivity contribution in [3.8, 4) is 11.4 Å². The fourth-order valence-electron chi connectivity index (χ4n) is 1.06. The van der Waals surface area contributed by atoms with E-state index in [0.717, 1.165) is 17.2 Å². The Kier molecular flexibility index (Phi) is 1.91. The molecule has 2 rings (SSSR count). The second-order valence-corrected chi connectivity index (χ2v) is 2.51. The van der Waals surface area contributed by atoms with Gasteiger partial charge in [0.2, 0.25) is 0 Å². The molecule has 2 heterocycles. The van der Waals surface area contributed by atoms with Gasteiger partial charge in [0.25, 0.3) is 0 Å². The van der Waals surface area contributed by atoms with E-state index in [1.165, 1.54) is 6.33 Å². The summed E-state index contributed by atoms with van der Waals surface area (Å²) < 4.78 is 0. The van der Waals surface area contributed by atoms with E-state index in [2.05, 4.69) is 25.5 Å². The molecule has 0 fully saturated rings. The molecule has 0 spiro atoms. The van der Waals surface area contributed by atoms with Crippen LogP contribution < -0.4 is 5.32 Å². The van der Waals surface area contributed by atoms with Crippen LogP contribution in [0.2, 0.25) is 0 Å². The summed E-state index contributed by atoms with van der Waals surface area (Å²) in [5.41, 5.74) is 0.969. The Balaban J connectivity index is 2.41. The zero-order valence-electron chi connectivity index (χ0n) is 7.15. The molecule has 0 atom stereocenters. The number of hydrogen-bond donors (Lipinski definition) is 2. The fraction of sp³-hybridized carbons (Fsp3) is 0.125. The summed E-state index contributed by atoms with van der Waals surface area (Å²) in [5, 5.41) is 9.52. The van der Waals surface area contributed by atoms with Crippen LogP contribution in [0.4, 0.5) is 5.82 Å². The lowest BCUT2D eigenvalue weighted by molar-refractivity contribution is 1.09. The summed E-state index contributed by atoms with van der Waals surface area (Å²) in [6, 6.07) is 3.78. The highest BCUT2D eigenvalue weighted by Gasteiger charge is 2.00. The molecule has 0 aliphatic heterocycles. The molecule has 0 bridgehead atoms. The van der Waals surface area contributed by atoms with Gasteiger partial charge in [0.05, 0.1) is 0 Å². The standard InChI is InChI=1S/C8H9N5/c1-9-7-4-6(2-3-10-7)8-11-5-12-13-8/h2-5H,1H3,(H,9,10)(H,11,12,13). The Bertz CT molecular complexity index is 381. The zero-order valence-corrected chi connectivity index (χ0v) is 7.15. The van der Waals surface area contributed by atoms with Crippen LogP contribution in [0.5, 0.6) is 0 Å². The smallest absolute Gasteiger partial charge is 0.155 e. The van der Waals surface area contributed by atoms with Crippen LogP contribution in [0.15, 0.2) is 24.7 Å². The summed E-state index contributed by atoms with van der Waals surface area (Å²) in [5.74, 6) is 1.56. The molecule has 0 amide bonds. The van der Waals surface area contributed by atoms with Gasteiger partial charge in [0, 0.05) is 18.8 Å². The Morgan fingerprint density at radius 3 is 3.00 bits per heavy atom. The van der Waals surface area contributed by atoms with Gasteiger partial charge in [0.15, 0.2) is 5.82 Å². The van der Waals surface area contributed by atoms with Crippen LogP contribution in [0.3, 0.4) is 0 Å². The van der Waals surface area contributed by atoms with Crippen LogP contribution in [0.1, 0.15) is 0 Å². The molecule has 0 aliphatic carbocycles. The number of aromatic amines is 1. The number of hydrogen-bond acceptors (Lipinski definition) is 4. The van der Waals surface area contributed by atoms with Crippen LogP contribution in [0.25, 0.3) is 11.4 Å². The van der Waals surface area contributed by atoms with E-state index >= 15 is 0 Å². The van der Waals surface area contributed by atoms with Crippen molar-refractivity contribution in [3.05, 3.63) is 24.7 Å². The zero-order chi connectivity index (χ0) is 9.10. The topological polar surface area (TPSA) is 66.5 Å². The first-order chi connectivity index (χ1) is 6.40. The molecule has 0 unspecified atom stereocenters. The van der Waals surface area contributed by atoms with Gasteiger partial charge in [-0.25, -0.2) is 9.97 Å². The third-order valence-corrected chi connectivity index (χ3v) is 1.70. The number of anilines is 1. The van der Waals surface area contributed by atoms with E-state index in [1.807, 2.05) is 19.2 Å². The van der Waals surface area contributed by atoms with Crippen LogP contribution in [0, 0.1) is 0 Å². The molecule has 13 heavy (non-hydrogen) atoms. The Hall–Kier alpha value is -1.91. The highest BCUT2D eigenvalue weighted by molar-refractivity contribution is 5.58. The van der Waals surface area contributed by atoms with Gasteiger partial charge in [-0.05, 0) is 12.1 Å². The van der Waals surface area contributed by atoms with Crippen LogP contribution in [-0.2, 0) is 0 Å². The molecule has 5 heteroatoms. The first kappa shape index (κ1) is 7.72. The lowest BCUT2D eigenvalue weighted by Crippen LogP contribution is -1.92. The number of H-pyrrole nitrogens is 1. The maximum absolute atomic E-state index is 4.09. The molecule has 0 aliphatic rings. The summed E-state index contributed by atoms with van der Waals surface area (Å²) >= 11 is 0. The molecule has 66 valence electrons. The fourth-order valence-corrected chi connectivity index (χ4v) is 1.06. The Morgan fingerprint density at radius 1 is 1.38 bits per heavy atom. The Labute approximate surface area is 75.2 Å². The minimum Gasteiger partial charge on any atom is -0.373 e. The quantitative estimate of drug-likeness (QED) is 0.711. The Morgan fingerprint density at radius 2 is 2.31 bits per heavy atom. The SMILES string of the molecule is CNc1cc(-c2ncn[nH]2)ccn1. The molecule has 2 aromatic heterocycles. The first-order valence-electron chi connectivity index (χ1n) is 3.89. The number of aromatic nitrogens is 4. The molecule has 0 saturated heterocycles. The predicted octanol–water partition coefficient (Wildman–Crippen LogP) is 0.908. The third-order valence-electron chi connectivity index (χ3n) is 1.70. The maximum atomic E-state index is 4.09. The summed E-state index contributed by atoms with van der Waals surface area (Å²) in [6.07, 6.45) is 3.21. The molecule has 2 aromatic rings. The van der Waals surface area contributed by atoms with Crippen LogP contribution in [-0.4, -0.2) is 27.2 Å². The van der Waals surface area contributed by atoms with Gasteiger partial charge in [-0.2, -0.15) is 5.10 Å². The second kappa shape index (κ2) is 3.22. The normalized spacial score (nSPS) is 9.92. The van der Waals surface area contributed by atoms with Crippen molar-refractivity contribution in [1.82, 2.24) is 20.2 Å². The third kappa shape index (κ3) is 1.48. The molecule has 0 aromatic carbocycles. The summed E-state index contributed by atoms with van der Waals surface area (Å²) in [6.45, 7) is 0. The maximum Gasteiger partial charge on any atom is 0.155 e. The van der Waals surface area contributed by atoms with Crippen molar-refractivity contribution in [2.45, 2.75) is 0 Å². The summed E-state index contributed by atoms with van der Waals surface area (Å²) in [4.78, 5) is 8.13. The van der Waals surface area contributed by atoms with Crippen molar-refractivity contribution in [3.63, 3.8) is 0 Å². The van der Waals surface area contributed by atoms with Crippen LogP contribution >= 0.6 is 0 Å². The highest BCUT2D eigenvalue weighted by atomic mass is 15.2. The molecular weight excluding hydrogens is 166 g/mol. The molecule has 5 nitrogen and oxygen atoms in total. The van der Waals surface area contributed by atoms with Gasteiger partial charge >= 0.3 is 0 Å². The first-order valence-corrected chi connectivity index (χ1v) is 3.89. The molecule has 2 N–H and O–H groups in total. The largest absolute Gasteiger partial charge is 0.373 e. The van der Waals surface area contributed by atoms with Gasteiger partial charge in [-0.15, -0.1) is 0 Å². The minimum absolute atomic E-state index is 0.749. The van der Waals surface area contributed by atoms with Crippen molar-refractivity contribution in [2.75, 3.05) is 12.4 Å². The van der Waals surface area contributed by atoms with E-state index in [9.17, 15) is 0 Å². The average Bonchev–Trinajstić information content (AvgIpc) is 2.71. The minimum atomic E-state index is 0.749. The lowest BCUT2D eigenvalue weighted by atomic mass is 10.2. The monoisotopic (exact) mass is 175 g/mol. The van der Waals surface area contributed by atoms with Gasteiger partial charge in [0.1, 0.15) is 12.1 Å². The van der Waals surface area contributed by atoms with Gasteiger partial charge in [-0.1, -0.05) is 0 Å². The molecule has 0 radical (unpaired) electrons. The van der Waals surface area contributed by atoms with Crippen molar-refractivity contribution in [2.24, 2.45) is 0 Å². The number of nitrogens with one attached hydrogen (secondary N) is 2. The number of nitrogens with zero attached hydrogens (tertiary/aromatic N) is 3. The number of rotatable bonds is 2. The molecular formula is C8H9N5. The molecule has 0 saturated carbocycles. The van der Waals surface area contributed by atoms with Gasteiger partial charge in [-0.3, -0.25) is 5.10 Å². The van der Waals surface area contributed by atoms with Gasteiger partial charge < -0.3 is 5.32 Å². The predicted molar refractivity (Wildman–Crippen MR) is 49.2 cm³/mol. The van der Waals surface area contributed by atoms with E-state index in [4.69, 9.17) is 0 Å². The van der Waals surface area contributed by atoms with E-state index < -0.39 is 0 Å². The van der Waals surface area contributed by atoms with Crippen molar-refractivity contribution >= 4 is 5.82 Å². The highest BCUT2D eigenvalue weighted by Crippen LogP contribution is 2.15. The van der Waals surface area contributed by atoms with E-state index in [0.29, 0.717) is 0 Å². The van der Waals surface area contributed by atoms with Crippen molar-refractivity contribution < 1.29 is 0 Å². The average molecular weight is 175 g/mol. The number of pyridine rings is 1. The van der Waals surface area contributed by atoms with E-state index in [-0.39, 0.29) is 0 Å². The van der Waals surface area contributed by atoms with E-state index in [1.54, 1.807) is 6.20 Å². The second-order valence-electron chi connectivity index (χ2n) is 2.51. The lowest BCUT2D eigenvalue weighted by Gasteiger charge is -1.99. The van der Waals surface area contributed by atoms with Crippen molar-refractivity contribution in [1.29, 1.82) is 0 Å². The summed E-state index contributed by atoms with van der Waals surface area (Å²) in [7, 11) is 1.83.